The number of ether oxygens (including phenoxy) is 1. The molecule has 4 rings (SSSR count). The van der Waals surface area contributed by atoms with Gasteiger partial charge in [-0.3, -0.25) is 14.5 Å². The third-order valence-electron chi connectivity index (χ3n) is 5.81. The lowest BCUT2D eigenvalue weighted by Crippen LogP contribution is -2.47. The van der Waals surface area contributed by atoms with Crippen molar-refractivity contribution in [1.29, 1.82) is 0 Å². The number of amides is 1. The summed E-state index contributed by atoms with van der Waals surface area (Å²) in [5.74, 6) is 0.237. The van der Waals surface area contributed by atoms with E-state index in [-0.39, 0.29) is 29.6 Å². The highest BCUT2D eigenvalue weighted by Crippen LogP contribution is 2.36. The summed E-state index contributed by atoms with van der Waals surface area (Å²) >= 11 is 0. The van der Waals surface area contributed by atoms with Crippen molar-refractivity contribution < 1.29 is 13.9 Å². The van der Waals surface area contributed by atoms with E-state index < -0.39 is 0 Å². The van der Waals surface area contributed by atoms with Gasteiger partial charge in [0.05, 0.1) is 13.0 Å². The van der Waals surface area contributed by atoms with Crippen molar-refractivity contribution >= 4 is 11.6 Å². The van der Waals surface area contributed by atoms with E-state index in [2.05, 4.69) is 10.2 Å². The lowest BCUT2D eigenvalue weighted by atomic mass is 9.83. The molecule has 0 radical (unpaired) electrons. The third-order valence-corrected chi connectivity index (χ3v) is 5.81. The summed E-state index contributed by atoms with van der Waals surface area (Å²) in [6, 6.07) is 10.3. The molecule has 1 N–H and O–H groups in total. The van der Waals surface area contributed by atoms with Crippen LogP contribution >= 0.6 is 0 Å². The number of aromatic nitrogens is 1. The van der Waals surface area contributed by atoms with E-state index in [1.54, 1.807) is 13.2 Å². The van der Waals surface area contributed by atoms with E-state index in [1.807, 2.05) is 22.8 Å². The lowest BCUT2D eigenvalue weighted by Gasteiger charge is -2.43. The average Bonchev–Trinajstić information content (AvgIpc) is 2.70. The number of carbonyl (C=O) groups excluding carboxylic acids is 1. The van der Waals surface area contributed by atoms with Crippen LogP contribution in [0.1, 0.15) is 30.0 Å². The van der Waals surface area contributed by atoms with Crippen molar-refractivity contribution in [2.24, 2.45) is 5.92 Å². The van der Waals surface area contributed by atoms with Gasteiger partial charge in [-0.2, -0.15) is 0 Å². The van der Waals surface area contributed by atoms with Crippen LogP contribution in [0.2, 0.25) is 0 Å². The first-order valence-corrected chi connectivity index (χ1v) is 10.0. The molecule has 2 aliphatic rings. The molecule has 1 aromatic carbocycles. The van der Waals surface area contributed by atoms with Gasteiger partial charge in [0.1, 0.15) is 11.5 Å². The number of likely N-dealkylation sites (tertiary alicyclic amines) is 1. The Morgan fingerprint density at radius 3 is 2.72 bits per heavy atom. The number of piperidine rings is 1. The largest absolute Gasteiger partial charge is 0.384 e. The second-order valence-electron chi connectivity index (χ2n) is 8.00. The van der Waals surface area contributed by atoms with Crippen molar-refractivity contribution in [3.05, 3.63) is 63.8 Å². The van der Waals surface area contributed by atoms with Gasteiger partial charge in [0.2, 0.25) is 5.91 Å². The average molecular weight is 399 g/mol. The molecule has 0 aliphatic carbocycles. The smallest absolute Gasteiger partial charge is 0.274 e. The molecule has 29 heavy (non-hydrogen) atoms. The number of pyridine rings is 1. The number of hydrogen-bond donors (Lipinski definition) is 1. The van der Waals surface area contributed by atoms with Gasteiger partial charge in [0, 0.05) is 44.9 Å². The summed E-state index contributed by atoms with van der Waals surface area (Å²) in [5, 5.41) is 2.71. The molecule has 0 spiro atoms. The number of fused-ring (bicyclic) bond motifs is 4. The molecule has 1 saturated heterocycles. The van der Waals surface area contributed by atoms with Gasteiger partial charge < -0.3 is 14.6 Å². The third kappa shape index (κ3) is 4.41. The monoisotopic (exact) mass is 399 g/mol. The quantitative estimate of drug-likeness (QED) is 0.811. The summed E-state index contributed by atoms with van der Waals surface area (Å²) in [4.78, 5) is 27.3. The highest BCUT2D eigenvalue weighted by molar-refractivity contribution is 5.90. The van der Waals surface area contributed by atoms with Crippen LogP contribution in [0.25, 0.3) is 0 Å². The van der Waals surface area contributed by atoms with Gasteiger partial charge in [-0.15, -0.1) is 0 Å². The fraction of sp³-hybridized carbons (Fsp3) is 0.455. The predicted molar refractivity (Wildman–Crippen MR) is 108 cm³/mol. The van der Waals surface area contributed by atoms with E-state index in [1.165, 1.54) is 12.1 Å². The van der Waals surface area contributed by atoms with Crippen LogP contribution in [0.15, 0.2) is 41.2 Å². The first-order valence-electron chi connectivity index (χ1n) is 10.0. The topological polar surface area (TPSA) is 63.6 Å². The molecular formula is C22H26FN3O3. The summed E-state index contributed by atoms with van der Waals surface area (Å²) in [6.45, 7) is 3.54. The normalized spacial score (nSPS) is 20.9. The molecule has 154 valence electrons. The highest BCUT2D eigenvalue weighted by atomic mass is 19.1. The van der Waals surface area contributed by atoms with Crippen LogP contribution in [-0.2, 0) is 22.6 Å². The van der Waals surface area contributed by atoms with Gasteiger partial charge >= 0.3 is 0 Å². The molecule has 3 heterocycles. The first-order chi connectivity index (χ1) is 14.0. The molecule has 2 aromatic rings. The maximum absolute atomic E-state index is 13.2. The number of methoxy groups -OCH3 is 1. The molecule has 2 aliphatic heterocycles. The minimum atomic E-state index is -0.220. The zero-order valence-electron chi connectivity index (χ0n) is 16.6. The van der Waals surface area contributed by atoms with E-state index in [9.17, 15) is 14.0 Å². The van der Waals surface area contributed by atoms with E-state index in [0.29, 0.717) is 24.8 Å². The van der Waals surface area contributed by atoms with Crippen molar-refractivity contribution in [3.8, 4) is 0 Å². The molecule has 1 fully saturated rings. The maximum Gasteiger partial charge on any atom is 0.274 e. The van der Waals surface area contributed by atoms with Crippen molar-refractivity contribution in [1.82, 2.24) is 9.47 Å². The summed E-state index contributed by atoms with van der Waals surface area (Å²) in [5.41, 5.74) is 2.33. The molecule has 2 atom stereocenters. The van der Waals surface area contributed by atoms with Crippen LogP contribution in [0.3, 0.4) is 0 Å². The fourth-order valence-electron chi connectivity index (χ4n) is 4.52. The molecular weight excluding hydrogens is 373 g/mol. The Balaban J connectivity index is 1.49. The minimum Gasteiger partial charge on any atom is -0.384 e. The Labute approximate surface area is 169 Å². The Bertz CT molecular complexity index is 941. The zero-order valence-corrected chi connectivity index (χ0v) is 16.6. The molecule has 0 unspecified atom stereocenters. The standard InChI is InChI=1S/C22H26FN3O3/c1-29-9-8-21(27)24-19-6-7-20-17-10-16(13-26(20)22(19)28)12-25(14-17)11-15-2-4-18(23)5-3-15/h2-7,16-17H,8-14H2,1H3,(H,24,27)/t16-,17+/m0/s1. The number of nitrogens with one attached hydrogen (secondary N) is 1. The number of benzene rings is 1. The minimum absolute atomic E-state index is 0.130. The van der Waals surface area contributed by atoms with Gasteiger partial charge in [0.25, 0.3) is 5.56 Å². The lowest BCUT2D eigenvalue weighted by molar-refractivity contribution is -0.117. The molecule has 6 nitrogen and oxygen atoms in total. The molecule has 0 saturated carbocycles. The Morgan fingerprint density at radius 1 is 1.17 bits per heavy atom. The fourth-order valence-corrected chi connectivity index (χ4v) is 4.52. The van der Waals surface area contributed by atoms with Crippen LogP contribution in [0.5, 0.6) is 0 Å². The SMILES string of the molecule is COCCC(=O)Nc1ccc2n(c1=O)C[C@H]1C[C@@H]2CN(Cc2ccc(F)cc2)C1. The van der Waals surface area contributed by atoms with Crippen molar-refractivity contribution in [2.45, 2.75) is 31.8 Å². The second kappa shape index (κ2) is 8.47. The summed E-state index contributed by atoms with van der Waals surface area (Å²) in [7, 11) is 1.54. The Morgan fingerprint density at radius 2 is 1.97 bits per heavy atom. The Kier molecular flexibility index (Phi) is 5.78. The van der Waals surface area contributed by atoms with Crippen molar-refractivity contribution in [3.63, 3.8) is 0 Å². The van der Waals surface area contributed by atoms with E-state index in [0.717, 1.165) is 37.3 Å². The predicted octanol–water partition coefficient (Wildman–Crippen LogP) is 2.58. The molecule has 1 aromatic heterocycles. The highest BCUT2D eigenvalue weighted by Gasteiger charge is 2.35. The molecule has 2 bridgehead atoms. The summed E-state index contributed by atoms with van der Waals surface area (Å²) < 4.78 is 19.9. The maximum atomic E-state index is 13.2. The number of halogens is 1. The zero-order chi connectivity index (χ0) is 20.4. The van der Waals surface area contributed by atoms with Crippen LogP contribution in [0.4, 0.5) is 10.1 Å². The first kappa shape index (κ1) is 19.8. The number of anilines is 1. The number of nitrogens with zero attached hydrogens (tertiary/aromatic N) is 2. The summed E-state index contributed by atoms with van der Waals surface area (Å²) in [6.07, 6.45) is 1.29. The Hall–Kier alpha value is -2.51. The van der Waals surface area contributed by atoms with E-state index >= 15 is 0 Å². The number of carbonyl (C=O) groups is 1. The van der Waals surface area contributed by atoms with Crippen LogP contribution in [0, 0.1) is 11.7 Å². The number of hydrogen-bond acceptors (Lipinski definition) is 4. The van der Waals surface area contributed by atoms with Gasteiger partial charge in [-0.05, 0) is 42.2 Å². The van der Waals surface area contributed by atoms with Crippen LogP contribution in [-0.4, -0.2) is 42.2 Å². The van der Waals surface area contributed by atoms with Gasteiger partial charge in [-0.25, -0.2) is 4.39 Å². The molecule has 1 amide bonds. The van der Waals surface area contributed by atoms with Gasteiger partial charge in [-0.1, -0.05) is 12.1 Å². The second-order valence-corrected chi connectivity index (χ2v) is 8.00. The van der Waals surface area contributed by atoms with Crippen LogP contribution < -0.4 is 10.9 Å². The molecule has 7 heteroatoms. The van der Waals surface area contributed by atoms with Gasteiger partial charge in [0.15, 0.2) is 0 Å². The number of rotatable bonds is 6. The van der Waals surface area contributed by atoms with E-state index in [4.69, 9.17) is 4.74 Å². The van der Waals surface area contributed by atoms with Crippen molar-refractivity contribution in [2.75, 3.05) is 32.1 Å².